The Morgan fingerprint density at radius 3 is 2.36 bits per heavy atom. The number of esters is 1. The SMILES string of the molecule is CCOc1ccc(S(=O)(=O)N(Cc2ccccc2N)C(CO)C(=O)OC)cc1. The zero-order valence-corrected chi connectivity index (χ0v) is 16.6. The Balaban J connectivity index is 2.49. The molecule has 0 spiro atoms. The van der Waals surface area contributed by atoms with Crippen molar-refractivity contribution in [2.24, 2.45) is 0 Å². The van der Waals surface area contributed by atoms with Crippen LogP contribution < -0.4 is 10.5 Å². The number of carbonyl (C=O) groups is 1. The molecule has 0 aliphatic heterocycles. The molecular formula is C19H24N2O6S. The topological polar surface area (TPSA) is 119 Å². The second-order valence-corrected chi connectivity index (χ2v) is 7.77. The van der Waals surface area contributed by atoms with Gasteiger partial charge in [-0.25, -0.2) is 8.42 Å². The first-order valence-corrected chi connectivity index (χ1v) is 10.1. The van der Waals surface area contributed by atoms with Crippen molar-refractivity contribution < 1.29 is 27.8 Å². The number of aliphatic hydroxyl groups excluding tert-OH is 1. The van der Waals surface area contributed by atoms with Crippen LogP contribution in [0.4, 0.5) is 5.69 Å². The van der Waals surface area contributed by atoms with E-state index in [1.165, 1.54) is 24.3 Å². The Labute approximate surface area is 164 Å². The van der Waals surface area contributed by atoms with E-state index in [0.717, 1.165) is 11.4 Å². The van der Waals surface area contributed by atoms with Crippen LogP contribution in [-0.2, 0) is 26.1 Å². The van der Waals surface area contributed by atoms with Gasteiger partial charge in [0.1, 0.15) is 11.8 Å². The summed E-state index contributed by atoms with van der Waals surface area (Å²) in [7, 11) is -3.02. The van der Waals surface area contributed by atoms with Crippen LogP contribution in [0.3, 0.4) is 0 Å². The molecule has 28 heavy (non-hydrogen) atoms. The van der Waals surface area contributed by atoms with E-state index in [4.69, 9.17) is 10.5 Å². The van der Waals surface area contributed by atoms with Crippen molar-refractivity contribution in [1.29, 1.82) is 0 Å². The predicted octanol–water partition coefficient (Wildman–Crippen LogP) is 1.39. The smallest absolute Gasteiger partial charge is 0.326 e. The Morgan fingerprint density at radius 2 is 1.82 bits per heavy atom. The lowest BCUT2D eigenvalue weighted by Gasteiger charge is -2.28. The highest BCUT2D eigenvalue weighted by Gasteiger charge is 2.36. The van der Waals surface area contributed by atoms with Crippen molar-refractivity contribution in [2.45, 2.75) is 24.4 Å². The molecule has 0 heterocycles. The molecule has 0 aliphatic rings. The molecule has 3 N–H and O–H groups in total. The molecule has 9 heteroatoms. The largest absolute Gasteiger partial charge is 0.494 e. The molecule has 1 atom stereocenters. The molecule has 0 saturated carbocycles. The summed E-state index contributed by atoms with van der Waals surface area (Å²) >= 11 is 0. The quantitative estimate of drug-likeness (QED) is 0.475. The minimum absolute atomic E-state index is 0.0483. The molecule has 1 unspecified atom stereocenters. The summed E-state index contributed by atoms with van der Waals surface area (Å²) in [6, 6.07) is 11.1. The van der Waals surface area contributed by atoms with Gasteiger partial charge in [0.05, 0.1) is 25.2 Å². The molecule has 152 valence electrons. The predicted molar refractivity (Wildman–Crippen MR) is 104 cm³/mol. The number of nitrogens with two attached hydrogens (primary N) is 1. The summed E-state index contributed by atoms with van der Waals surface area (Å²) in [6.07, 6.45) is 0. The standard InChI is InChI=1S/C19H24N2O6S/c1-3-27-15-8-10-16(11-9-15)28(24,25)21(18(13-22)19(23)26-2)12-14-6-4-5-7-17(14)20/h4-11,18,22H,3,12-13,20H2,1-2H3. The fourth-order valence-electron chi connectivity index (χ4n) is 2.64. The number of ether oxygens (including phenoxy) is 2. The van der Waals surface area contributed by atoms with Gasteiger partial charge in [-0.15, -0.1) is 0 Å². The fraction of sp³-hybridized carbons (Fsp3) is 0.316. The summed E-state index contributed by atoms with van der Waals surface area (Å²) in [4.78, 5) is 12.1. The summed E-state index contributed by atoms with van der Waals surface area (Å²) in [5, 5.41) is 9.71. The molecular weight excluding hydrogens is 384 g/mol. The van der Waals surface area contributed by atoms with Gasteiger partial charge >= 0.3 is 5.97 Å². The average molecular weight is 408 g/mol. The average Bonchev–Trinajstić information content (AvgIpc) is 2.69. The van der Waals surface area contributed by atoms with Crippen molar-refractivity contribution >= 4 is 21.7 Å². The number of methoxy groups -OCH3 is 1. The van der Waals surface area contributed by atoms with Crippen LogP contribution in [0.2, 0.25) is 0 Å². The highest BCUT2D eigenvalue weighted by Crippen LogP contribution is 2.25. The molecule has 0 fully saturated rings. The number of hydrogen-bond donors (Lipinski definition) is 2. The lowest BCUT2D eigenvalue weighted by Crippen LogP contribution is -2.47. The highest BCUT2D eigenvalue weighted by atomic mass is 32.2. The number of para-hydroxylation sites is 1. The van der Waals surface area contributed by atoms with Crippen LogP contribution >= 0.6 is 0 Å². The number of rotatable bonds is 9. The Kier molecular flexibility index (Phi) is 7.38. The third-order valence-corrected chi connectivity index (χ3v) is 5.99. The number of nitrogens with zero attached hydrogens (tertiary/aromatic N) is 1. The summed E-state index contributed by atoms with van der Waals surface area (Å²) in [5.41, 5.74) is 6.81. The molecule has 2 rings (SSSR count). The number of benzene rings is 2. The third-order valence-electron chi connectivity index (χ3n) is 4.12. The summed E-state index contributed by atoms with van der Waals surface area (Å²) in [6.45, 7) is 1.32. The second-order valence-electron chi connectivity index (χ2n) is 5.88. The van der Waals surface area contributed by atoms with Crippen molar-refractivity contribution in [1.82, 2.24) is 4.31 Å². The summed E-state index contributed by atoms with van der Waals surface area (Å²) < 4.78 is 37.4. The van der Waals surface area contributed by atoms with Gasteiger partial charge in [-0.2, -0.15) is 4.31 Å². The zero-order chi connectivity index (χ0) is 20.7. The Morgan fingerprint density at radius 1 is 1.18 bits per heavy atom. The minimum atomic E-state index is -4.15. The van der Waals surface area contributed by atoms with E-state index >= 15 is 0 Å². The summed E-state index contributed by atoms with van der Waals surface area (Å²) in [5.74, 6) is -0.349. The number of anilines is 1. The van der Waals surface area contributed by atoms with E-state index in [2.05, 4.69) is 4.74 Å². The number of carbonyl (C=O) groups excluding carboxylic acids is 1. The molecule has 0 aromatic heterocycles. The highest BCUT2D eigenvalue weighted by molar-refractivity contribution is 7.89. The maximum Gasteiger partial charge on any atom is 0.326 e. The number of nitrogen functional groups attached to an aromatic ring is 1. The molecule has 0 saturated heterocycles. The minimum Gasteiger partial charge on any atom is -0.494 e. The van der Waals surface area contributed by atoms with Crippen molar-refractivity contribution in [3.63, 3.8) is 0 Å². The lowest BCUT2D eigenvalue weighted by molar-refractivity contribution is -0.146. The van der Waals surface area contributed by atoms with Gasteiger partial charge in [-0.3, -0.25) is 4.79 Å². The molecule has 2 aromatic rings. The van der Waals surface area contributed by atoms with E-state index in [-0.39, 0.29) is 11.4 Å². The van der Waals surface area contributed by atoms with E-state index in [9.17, 15) is 18.3 Å². The maximum absolute atomic E-state index is 13.3. The molecule has 0 aliphatic carbocycles. The van der Waals surface area contributed by atoms with E-state index in [1.807, 2.05) is 6.92 Å². The molecule has 0 amide bonds. The van der Waals surface area contributed by atoms with Crippen molar-refractivity contribution in [2.75, 3.05) is 26.1 Å². The Hall–Kier alpha value is -2.62. The van der Waals surface area contributed by atoms with Crippen LogP contribution in [0.1, 0.15) is 12.5 Å². The first-order chi connectivity index (χ1) is 13.3. The van der Waals surface area contributed by atoms with Gasteiger partial charge < -0.3 is 20.3 Å². The maximum atomic E-state index is 13.3. The van der Waals surface area contributed by atoms with Crippen LogP contribution in [0.25, 0.3) is 0 Å². The van der Waals surface area contributed by atoms with Gasteiger partial charge in [0, 0.05) is 12.2 Å². The second kappa shape index (κ2) is 9.54. The number of sulfonamides is 1. The first kappa shape index (κ1) is 21.7. The third kappa shape index (κ3) is 4.80. The molecule has 8 nitrogen and oxygen atoms in total. The van der Waals surface area contributed by atoms with Gasteiger partial charge in [0.25, 0.3) is 0 Å². The number of aliphatic hydroxyl groups is 1. The van der Waals surface area contributed by atoms with E-state index in [0.29, 0.717) is 23.6 Å². The van der Waals surface area contributed by atoms with Crippen molar-refractivity contribution in [3.8, 4) is 5.75 Å². The van der Waals surface area contributed by atoms with Crippen LogP contribution in [0, 0.1) is 0 Å². The first-order valence-electron chi connectivity index (χ1n) is 8.61. The van der Waals surface area contributed by atoms with Crippen LogP contribution in [0.5, 0.6) is 5.75 Å². The zero-order valence-electron chi connectivity index (χ0n) is 15.7. The normalized spacial score (nSPS) is 12.6. The van der Waals surface area contributed by atoms with Crippen molar-refractivity contribution in [3.05, 3.63) is 54.1 Å². The van der Waals surface area contributed by atoms with Gasteiger partial charge in [0.15, 0.2) is 0 Å². The Bertz CT molecular complexity index is 899. The van der Waals surface area contributed by atoms with Crippen LogP contribution in [0.15, 0.2) is 53.4 Å². The monoisotopic (exact) mass is 408 g/mol. The molecule has 2 aromatic carbocycles. The lowest BCUT2D eigenvalue weighted by atomic mass is 10.1. The fourth-order valence-corrected chi connectivity index (χ4v) is 4.19. The van der Waals surface area contributed by atoms with E-state index < -0.39 is 28.6 Å². The van der Waals surface area contributed by atoms with Gasteiger partial charge in [0.2, 0.25) is 10.0 Å². The van der Waals surface area contributed by atoms with Crippen LogP contribution in [-0.4, -0.2) is 50.2 Å². The molecule has 0 radical (unpaired) electrons. The van der Waals surface area contributed by atoms with Gasteiger partial charge in [-0.1, -0.05) is 18.2 Å². The molecule has 0 bridgehead atoms. The number of hydrogen-bond acceptors (Lipinski definition) is 7. The van der Waals surface area contributed by atoms with E-state index in [1.54, 1.807) is 24.3 Å². The van der Waals surface area contributed by atoms with Gasteiger partial charge in [-0.05, 0) is 42.8 Å².